The molecule has 1 aromatic heterocycles. The first-order chi connectivity index (χ1) is 9.88. The zero-order valence-corrected chi connectivity index (χ0v) is 13.3. The van der Waals surface area contributed by atoms with Gasteiger partial charge in [-0.15, -0.1) is 11.3 Å². The number of nitrogens with one attached hydrogen (secondary N) is 1. The Bertz CT molecular complexity index is 692. The van der Waals surface area contributed by atoms with Crippen LogP contribution in [0.3, 0.4) is 0 Å². The second kappa shape index (κ2) is 6.47. The average molecular weight is 344 g/mol. The van der Waals surface area contributed by atoms with Gasteiger partial charge in [-0.1, -0.05) is 29.3 Å². The van der Waals surface area contributed by atoms with Crippen molar-refractivity contribution in [2.24, 2.45) is 0 Å². The molecule has 0 saturated carbocycles. The zero-order valence-electron chi connectivity index (χ0n) is 10.9. The molecule has 21 heavy (non-hydrogen) atoms. The molecule has 7 heteroatoms. The maximum absolute atomic E-state index is 12.1. The SMILES string of the molecule is Cc1cc(C(=O)O)c(NC(=O)Cc2c(Cl)cccc2Cl)s1. The normalized spacial score (nSPS) is 10.4. The minimum Gasteiger partial charge on any atom is -0.478 e. The highest BCUT2D eigenvalue weighted by molar-refractivity contribution is 7.16. The molecule has 0 atom stereocenters. The number of thiophene rings is 1. The number of benzene rings is 1. The number of carbonyl (C=O) groups excluding carboxylic acids is 1. The summed E-state index contributed by atoms with van der Waals surface area (Å²) in [5.41, 5.74) is 0.597. The lowest BCUT2D eigenvalue weighted by atomic mass is 10.1. The van der Waals surface area contributed by atoms with Crippen LogP contribution in [0.4, 0.5) is 5.00 Å². The lowest BCUT2D eigenvalue weighted by Gasteiger charge is -2.07. The fourth-order valence-corrected chi connectivity index (χ4v) is 3.25. The van der Waals surface area contributed by atoms with Gasteiger partial charge < -0.3 is 10.4 Å². The van der Waals surface area contributed by atoms with Crippen molar-refractivity contribution in [3.8, 4) is 0 Å². The van der Waals surface area contributed by atoms with Gasteiger partial charge in [-0.05, 0) is 30.7 Å². The Morgan fingerprint density at radius 2 is 1.90 bits per heavy atom. The Kier molecular flexibility index (Phi) is 4.88. The van der Waals surface area contributed by atoms with E-state index in [4.69, 9.17) is 28.3 Å². The molecule has 2 rings (SSSR count). The van der Waals surface area contributed by atoms with Crippen LogP contribution in [-0.4, -0.2) is 17.0 Å². The highest BCUT2D eigenvalue weighted by atomic mass is 35.5. The lowest BCUT2D eigenvalue weighted by molar-refractivity contribution is -0.115. The summed E-state index contributed by atoms with van der Waals surface area (Å²) in [6.07, 6.45) is -0.0193. The van der Waals surface area contributed by atoms with Crippen LogP contribution in [0.5, 0.6) is 0 Å². The topological polar surface area (TPSA) is 66.4 Å². The molecule has 0 aliphatic rings. The Morgan fingerprint density at radius 3 is 2.48 bits per heavy atom. The number of aryl methyl sites for hydroxylation is 1. The second-order valence-corrected chi connectivity index (χ2v) is 6.40. The molecular weight excluding hydrogens is 333 g/mol. The molecule has 2 aromatic rings. The van der Waals surface area contributed by atoms with Gasteiger partial charge >= 0.3 is 5.97 Å². The van der Waals surface area contributed by atoms with Crippen LogP contribution < -0.4 is 5.32 Å². The minimum absolute atomic E-state index is 0.0193. The Labute approximate surface area is 135 Å². The van der Waals surface area contributed by atoms with Crippen LogP contribution >= 0.6 is 34.5 Å². The van der Waals surface area contributed by atoms with Crippen molar-refractivity contribution in [1.82, 2.24) is 0 Å². The van der Waals surface area contributed by atoms with Crippen molar-refractivity contribution >= 4 is 51.4 Å². The van der Waals surface area contributed by atoms with Crippen molar-refractivity contribution in [3.63, 3.8) is 0 Å². The molecule has 1 heterocycles. The van der Waals surface area contributed by atoms with E-state index in [0.29, 0.717) is 20.6 Å². The number of carbonyl (C=O) groups is 2. The summed E-state index contributed by atoms with van der Waals surface area (Å²) >= 11 is 13.2. The first kappa shape index (κ1) is 15.8. The van der Waals surface area contributed by atoms with Gasteiger partial charge in [0.25, 0.3) is 0 Å². The second-order valence-electron chi connectivity index (χ2n) is 4.33. The zero-order chi connectivity index (χ0) is 15.6. The van der Waals surface area contributed by atoms with E-state index >= 15 is 0 Å². The molecule has 0 radical (unpaired) electrons. The molecular formula is C14H11Cl2NO3S. The van der Waals surface area contributed by atoms with Crippen molar-refractivity contribution in [3.05, 3.63) is 50.3 Å². The van der Waals surface area contributed by atoms with Crippen LogP contribution in [0.15, 0.2) is 24.3 Å². The number of halogens is 2. The number of hydrogen-bond acceptors (Lipinski definition) is 3. The summed E-state index contributed by atoms with van der Waals surface area (Å²) in [7, 11) is 0. The molecule has 0 aliphatic carbocycles. The van der Waals surface area contributed by atoms with E-state index in [1.165, 1.54) is 17.4 Å². The van der Waals surface area contributed by atoms with E-state index < -0.39 is 5.97 Å². The summed E-state index contributed by atoms with van der Waals surface area (Å²) in [6, 6.07) is 6.50. The molecule has 1 aromatic carbocycles. The predicted octanol–water partition coefficient (Wildman–Crippen LogP) is 4.24. The van der Waals surface area contributed by atoms with E-state index in [-0.39, 0.29) is 17.9 Å². The molecule has 4 nitrogen and oxygen atoms in total. The Balaban J connectivity index is 2.18. The van der Waals surface area contributed by atoms with Crippen LogP contribution in [0.1, 0.15) is 20.8 Å². The minimum atomic E-state index is -1.08. The molecule has 2 N–H and O–H groups in total. The van der Waals surface area contributed by atoms with Gasteiger partial charge in [-0.3, -0.25) is 4.79 Å². The van der Waals surface area contributed by atoms with Crippen LogP contribution in [0.2, 0.25) is 10.0 Å². The highest BCUT2D eigenvalue weighted by Crippen LogP contribution is 2.29. The number of anilines is 1. The summed E-state index contributed by atoms with van der Waals surface area (Å²) < 4.78 is 0. The summed E-state index contributed by atoms with van der Waals surface area (Å²) in [5.74, 6) is -1.44. The van der Waals surface area contributed by atoms with Gasteiger partial charge in [0.1, 0.15) is 5.00 Å². The molecule has 0 fully saturated rings. The van der Waals surface area contributed by atoms with Gasteiger partial charge in [-0.25, -0.2) is 4.79 Å². The molecule has 0 bridgehead atoms. The molecule has 0 spiro atoms. The first-order valence-corrected chi connectivity index (χ1v) is 7.52. The summed E-state index contributed by atoms with van der Waals surface area (Å²) in [4.78, 5) is 24.0. The maximum atomic E-state index is 12.1. The van der Waals surface area contributed by atoms with Crippen LogP contribution in [0.25, 0.3) is 0 Å². The standard InChI is InChI=1S/C14H11Cl2NO3S/c1-7-5-9(14(19)20)13(21-7)17-12(18)6-8-10(15)3-2-4-11(8)16/h2-5H,6H2,1H3,(H,17,18)(H,19,20). The van der Waals surface area contributed by atoms with Crippen molar-refractivity contribution in [2.75, 3.05) is 5.32 Å². The number of carboxylic acid groups (broad SMARTS) is 1. The van der Waals surface area contributed by atoms with E-state index in [9.17, 15) is 9.59 Å². The number of amides is 1. The van der Waals surface area contributed by atoms with Gasteiger partial charge in [0.2, 0.25) is 5.91 Å². The fraction of sp³-hybridized carbons (Fsp3) is 0.143. The summed E-state index contributed by atoms with van der Waals surface area (Å²) in [5, 5.41) is 12.8. The third-order valence-electron chi connectivity index (χ3n) is 2.74. The van der Waals surface area contributed by atoms with Gasteiger partial charge in [0.05, 0.1) is 12.0 Å². The molecule has 1 amide bonds. The average Bonchev–Trinajstić information content (AvgIpc) is 2.75. The fourth-order valence-electron chi connectivity index (χ4n) is 1.80. The number of aromatic carboxylic acids is 1. The third-order valence-corrected chi connectivity index (χ3v) is 4.41. The van der Waals surface area contributed by atoms with Gasteiger partial charge in [-0.2, -0.15) is 0 Å². The smallest absolute Gasteiger partial charge is 0.338 e. The highest BCUT2D eigenvalue weighted by Gasteiger charge is 2.17. The summed E-state index contributed by atoms with van der Waals surface area (Å²) in [6.45, 7) is 1.78. The largest absolute Gasteiger partial charge is 0.478 e. The lowest BCUT2D eigenvalue weighted by Crippen LogP contribution is -2.15. The molecule has 0 unspecified atom stereocenters. The maximum Gasteiger partial charge on any atom is 0.338 e. The van der Waals surface area contributed by atoms with Crippen molar-refractivity contribution in [1.29, 1.82) is 0 Å². The number of carboxylic acids is 1. The molecule has 0 aliphatic heterocycles. The number of hydrogen-bond donors (Lipinski definition) is 2. The van der Waals surface area contributed by atoms with E-state index in [1.54, 1.807) is 25.1 Å². The van der Waals surface area contributed by atoms with Gasteiger partial charge in [0.15, 0.2) is 0 Å². The monoisotopic (exact) mass is 343 g/mol. The third kappa shape index (κ3) is 3.75. The van der Waals surface area contributed by atoms with Crippen molar-refractivity contribution in [2.45, 2.75) is 13.3 Å². The van der Waals surface area contributed by atoms with Crippen LogP contribution in [-0.2, 0) is 11.2 Å². The van der Waals surface area contributed by atoms with Crippen LogP contribution in [0, 0.1) is 6.92 Å². The predicted molar refractivity (Wildman–Crippen MR) is 84.8 cm³/mol. The van der Waals surface area contributed by atoms with E-state index in [0.717, 1.165) is 4.88 Å². The molecule has 0 saturated heterocycles. The first-order valence-electron chi connectivity index (χ1n) is 5.95. The van der Waals surface area contributed by atoms with Gasteiger partial charge in [0, 0.05) is 14.9 Å². The Morgan fingerprint density at radius 1 is 1.29 bits per heavy atom. The Hall–Kier alpha value is -1.56. The number of rotatable bonds is 4. The van der Waals surface area contributed by atoms with E-state index in [2.05, 4.69) is 5.32 Å². The van der Waals surface area contributed by atoms with Crippen molar-refractivity contribution < 1.29 is 14.7 Å². The molecule has 110 valence electrons. The van der Waals surface area contributed by atoms with E-state index in [1.807, 2.05) is 0 Å². The quantitative estimate of drug-likeness (QED) is 0.872.